The first kappa shape index (κ1) is 17.0. The second-order valence-electron chi connectivity index (χ2n) is 6.48. The number of hydrogen-bond acceptors (Lipinski definition) is 6. The zero-order chi connectivity index (χ0) is 17.2. The fraction of sp³-hybridized carbons (Fsp3) is 0.529. The van der Waals surface area contributed by atoms with Crippen molar-refractivity contribution in [3.8, 4) is 11.4 Å². The lowest BCUT2D eigenvalue weighted by atomic mass is 10.2. The average Bonchev–Trinajstić information content (AvgIpc) is 3.25. The molecule has 2 aromatic rings. The van der Waals surface area contributed by atoms with Crippen LogP contribution in [0.4, 0.5) is 5.69 Å². The quantitative estimate of drug-likeness (QED) is 0.798. The molecule has 0 N–H and O–H groups in total. The van der Waals surface area contributed by atoms with Gasteiger partial charge in [-0.1, -0.05) is 18.0 Å². The summed E-state index contributed by atoms with van der Waals surface area (Å²) in [7, 11) is 0.895. The predicted octanol–water partition coefficient (Wildman–Crippen LogP) is 2.70. The Morgan fingerprint density at radius 3 is 2.46 bits per heavy atom. The first-order chi connectivity index (χ1) is 11.5. The van der Waals surface area contributed by atoms with Gasteiger partial charge in [0.25, 0.3) is 0 Å². The van der Waals surface area contributed by atoms with Crippen LogP contribution in [0.25, 0.3) is 11.4 Å². The summed E-state index contributed by atoms with van der Waals surface area (Å²) in [6.07, 6.45) is 3.88. The van der Waals surface area contributed by atoms with Crippen molar-refractivity contribution in [2.24, 2.45) is 0 Å². The van der Waals surface area contributed by atoms with Gasteiger partial charge in [0.05, 0.1) is 11.0 Å². The maximum atomic E-state index is 12.3. The number of anilines is 1. The Morgan fingerprint density at radius 2 is 1.83 bits per heavy atom. The zero-order valence-electron chi connectivity index (χ0n) is 14.1. The fourth-order valence-electron chi connectivity index (χ4n) is 3.03. The minimum absolute atomic E-state index is 0.0822. The van der Waals surface area contributed by atoms with Gasteiger partial charge in [-0.15, -0.1) is 0 Å². The van der Waals surface area contributed by atoms with Crippen molar-refractivity contribution in [2.75, 3.05) is 24.7 Å². The van der Waals surface area contributed by atoms with E-state index in [9.17, 15) is 8.42 Å². The van der Waals surface area contributed by atoms with E-state index in [4.69, 9.17) is 4.52 Å². The maximum Gasteiger partial charge on any atom is 0.227 e. The summed E-state index contributed by atoms with van der Waals surface area (Å²) in [4.78, 5) is 6.34. The lowest BCUT2D eigenvalue weighted by molar-refractivity contribution is 0.382. The van der Waals surface area contributed by atoms with Crippen LogP contribution >= 0.6 is 0 Å². The molecule has 0 aliphatic heterocycles. The van der Waals surface area contributed by atoms with Crippen LogP contribution in [0.3, 0.4) is 0 Å². The lowest BCUT2D eigenvalue weighted by Gasteiger charge is -2.11. The molecule has 1 fully saturated rings. The van der Waals surface area contributed by atoms with E-state index in [-0.39, 0.29) is 17.4 Å². The third kappa shape index (κ3) is 3.77. The van der Waals surface area contributed by atoms with Gasteiger partial charge in [-0.3, -0.25) is 0 Å². The van der Waals surface area contributed by atoms with Gasteiger partial charge in [0, 0.05) is 31.8 Å². The van der Waals surface area contributed by atoms with Crippen LogP contribution in [-0.2, 0) is 16.3 Å². The molecule has 0 unspecified atom stereocenters. The highest BCUT2D eigenvalue weighted by molar-refractivity contribution is 7.92. The molecule has 0 spiro atoms. The summed E-state index contributed by atoms with van der Waals surface area (Å²) < 4.78 is 29.8. The van der Waals surface area contributed by atoms with Gasteiger partial charge in [0.2, 0.25) is 11.7 Å². The molecule has 0 amide bonds. The fourth-order valence-corrected chi connectivity index (χ4v) is 4.87. The van der Waals surface area contributed by atoms with Crippen LogP contribution in [0.2, 0.25) is 0 Å². The van der Waals surface area contributed by atoms with E-state index >= 15 is 0 Å². The monoisotopic (exact) mass is 349 g/mol. The van der Waals surface area contributed by atoms with E-state index in [1.807, 2.05) is 43.3 Å². The summed E-state index contributed by atoms with van der Waals surface area (Å²) >= 11 is 0. The third-order valence-corrected chi connectivity index (χ3v) is 6.78. The molecular formula is C17H23N3O3S. The molecule has 1 saturated carbocycles. The maximum absolute atomic E-state index is 12.3. The van der Waals surface area contributed by atoms with E-state index in [2.05, 4.69) is 10.1 Å². The topological polar surface area (TPSA) is 76.3 Å². The third-order valence-electron chi connectivity index (χ3n) is 4.52. The standard InChI is InChI=1S/C17H23N3O3S/c1-20(2)14-9-7-13(8-10-14)17-18-16(23-19-17)11-12-24(21,22)15-5-3-4-6-15/h7-10,15H,3-6,11-12H2,1-2H3. The van der Waals surface area contributed by atoms with Crippen molar-refractivity contribution in [1.29, 1.82) is 0 Å². The van der Waals surface area contributed by atoms with Gasteiger partial charge in [0.1, 0.15) is 0 Å². The second kappa shape index (κ2) is 6.93. The van der Waals surface area contributed by atoms with Crippen molar-refractivity contribution in [1.82, 2.24) is 10.1 Å². The van der Waals surface area contributed by atoms with Crippen LogP contribution < -0.4 is 4.90 Å². The van der Waals surface area contributed by atoms with Crippen molar-refractivity contribution < 1.29 is 12.9 Å². The number of hydrogen-bond donors (Lipinski definition) is 0. The molecule has 7 heteroatoms. The zero-order valence-corrected chi connectivity index (χ0v) is 14.9. The molecule has 1 aromatic carbocycles. The Morgan fingerprint density at radius 1 is 1.17 bits per heavy atom. The molecule has 0 saturated heterocycles. The second-order valence-corrected chi connectivity index (χ2v) is 8.88. The van der Waals surface area contributed by atoms with Gasteiger partial charge in [-0.2, -0.15) is 4.98 Å². The summed E-state index contributed by atoms with van der Waals surface area (Å²) in [6.45, 7) is 0. The summed E-state index contributed by atoms with van der Waals surface area (Å²) in [6, 6.07) is 7.82. The van der Waals surface area contributed by atoms with Crippen LogP contribution in [0.1, 0.15) is 31.6 Å². The highest BCUT2D eigenvalue weighted by Gasteiger charge is 2.28. The molecule has 1 heterocycles. The molecule has 1 aromatic heterocycles. The molecule has 1 aliphatic carbocycles. The number of sulfone groups is 1. The van der Waals surface area contributed by atoms with Crippen molar-refractivity contribution in [3.63, 3.8) is 0 Å². The first-order valence-corrected chi connectivity index (χ1v) is 9.99. The molecule has 24 heavy (non-hydrogen) atoms. The lowest BCUT2D eigenvalue weighted by Crippen LogP contribution is -2.22. The number of rotatable bonds is 6. The Bertz CT molecular complexity index is 776. The Labute approximate surface area is 142 Å². The van der Waals surface area contributed by atoms with Gasteiger partial charge < -0.3 is 9.42 Å². The first-order valence-electron chi connectivity index (χ1n) is 8.27. The molecule has 3 rings (SSSR count). The summed E-state index contributed by atoms with van der Waals surface area (Å²) in [5.74, 6) is 0.954. The van der Waals surface area contributed by atoms with Crippen molar-refractivity contribution in [3.05, 3.63) is 30.2 Å². The van der Waals surface area contributed by atoms with E-state index in [1.165, 1.54) is 0 Å². The van der Waals surface area contributed by atoms with E-state index in [1.54, 1.807) is 0 Å². The number of aromatic nitrogens is 2. The number of nitrogens with zero attached hydrogens (tertiary/aromatic N) is 3. The number of aryl methyl sites for hydroxylation is 1. The van der Waals surface area contributed by atoms with E-state index in [0.717, 1.165) is 36.9 Å². The van der Waals surface area contributed by atoms with E-state index < -0.39 is 9.84 Å². The molecular weight excluding hydrogens is 326 g/mol. The van der Waals surface area contributed by atoms with Crippen molar-refractivity contribution >= 4 is 15.5 Å². The SMILES string of the molecule is CN(C)c1ccc(-c2noc(CCS(=O)(=O)C3CCCC3)n2)cc1. The minimum atomic E-state index is -3.06. The summed E-state index contributed by atoms with van der Waals surface area (Å²) in [5, 5.41) is 3.78. The predicted molar refractivity (Wildman–Crippen MR) is 93.8 cm³/mol. The Hall–Kier alpha value is -1.89. The average molecular weight is 349 g/mol. The van der Waals surface area contributed by atoms with Crippen LogP contribution in [-0.4, -0.2) is 43.7 Å². The van der Waals surface area contributed by atoms with Crippen LogP contribution in [0.15, 0.2) is 28.8 Å². The summed E-state index contributed by atoms with van der Waals surface area (Å²) in [5.41, 5.74) is 1.94. The smallest absolute Gasteiger partial charge is 0.227 e. The van der Waals surface area contributed by atoms with E-state index in [0.29, 0.717) is 11.7 Å². The van der Waals surface area contributed by atoms with Crippen LogP contribution in [0, 0.1) is 0 Å². The Kier molecular flexibility index (Phi) is 4.89. The van der Waals surface area contributed by atoms with Gasteiger partial charge in [0.15, 0.2) is 9.84 Å². The van der Waals surface area contributed by atoms with Crippen molar-refractivity contribution in [2.45, 2.75) is 37.4 Å². The molecule has 130 valence electrons. The van der Waals surface area contributed by atoms with Gasteiger partial charge in [-0.05, 0) is 37.1 Å². The van der Waals surface area contributed by atoms with Crippen LogP contribution in [0.5, 0.6) is 0 Å². The molecule has 1 aliphatic rings. The highest BCUT2D eigenvalue weighted by Crippen LogP contribution is 2.26. The minimum Gasteiger partial charge on any atom is -0.378 e. The molecule has 0 bridgehead atoms. The molecule has 6 nitrogen and oxygen atoms in total. The molecule has 0 atom stereocenters. The Balaban J connectivity index is 1.65. The van der Waals surface area contributed by atoms with Gasteiger partial charge in [-0.25, -0.2) is 8.42 Å². The highest BCUT2D eigenvalue weighted by atomic mass is 32.2. The largest absolute Gasteiger partial charge is 0.378 e. The van der Waals surface area contributed by atoms with Gasteiger partial charge >= 0.3 is 0 Å². The normalized spacial score (nSPS) is 15.8. The number of benzene rings is 1. The molecule has 0 radical (unpaired) electrons.